The molecule has 8 rings (SSSR count). The lowest BCUT2D eigenvalue weighted by molar-refractivity contribution is 0.946. The van der Waals surface area contributed by atoms with Crippen molar-refractivity contribution in [2.75, 3.05) is 40.7 Å². The van der Waals surface area contributed by atoms with Gasteiger partial charge in [-0.15, -0.1) is 0 Å². The molecule has 0 fully saturated rings. The maximum atomic E-state index is 5.87. The Kier molecular flexibility index (Phi) is 9.12. The van der Waals surface area contributed by atoms with Crippen LogP contribution in [0.15, 0.2) is 170 Å². The molecule has 0 unspecified atom stereocenters. The zero-order valence-electron chi connectivity index (χ0n) is 30.7. The van der Waals surface area contributed by atoms with Gasteiger partial charge in [0.1, 0.15) is 0 Å². The predicted octanol–water partition coefficient (Wildman–Crippen LogP) is 11.5. The molecule has 0 saturated carbocycles. The van der Waals surface area contributed by atoms with E-state index in [0.29, 0.717) is 0 Å². The molecule has 0 amide bonds. The van der Waals surface area contributed by atoms with Gasteiger partial charge in [-0.2, -0.15) is 0 Å². The van der Waals surface area contributed by atoms with Gasteiger partial charge in [-0.3, -0.25) is 0 Å². The summed E-state index contributed by atoms with van der Waals surface area (Å²) in [7, 11) is 6.30. The molecule has 2 heterocycles. The number of nitrogens with one attached hydrogen (secondary N) is 2. The third-order valence-corrected chi connectivity index (χ3v) is 10.1. The number of benzene rings is 6. The number of anilines is 8. The molecular weight excluding hydrogens is 663 g/mol. The zero-order valence-corrected chi connectivity index (χ0v) is 30.7. The standard InChI is InChI=1S/C47H43N7/c1-52(40-20-6-32(7-21-40)44-28-29-45(51-44)33-8-22-41(23-9-33)53(2)43-26-14-37(49)15-27-43)42-24-10-35(11-25-42)47-31-30-46(54(47)3)34-4-16-38(17-5-34)50-39-18-12-36(48)13-19-39/h4-31,50-51H,48-49H2,1-3H3. The van der Waals surface area contributed by atoms with Crippen LogP contribution in [0.25, 0.3) is 45.0 Å². The van der Waals surface area contributed by atoms with Gasteiger partial charge in [0, 0.05) is 89.4 Å². The van der Waals surface area contributed by atoms with Crippen LogP contribution >= 0.6 is 0 Å². The molecule has 0 saturated heterocycles. The topological polar surface area (TPSA) is 91.3 Å². The van der Waals surface area contributed by atoms with Gasteiger partial charge in [-0.1, -0.05) is 48.5 Å². The molecule has 7 heteroatoms. The van der Waals surface area contributed by atoms with Crippen molar-refractivity contribution in [3.05, 3.63) is 170 Å². The first-order chi connectivity index (χ1) is 26.3. The number of nitrogens with zero attached hydrogens (tertiary/aromatic N) is 3. The number of aromatic nitrogens is 2. The third-order valence-electron chi connectivity index (χ3n) is 10.1. The lowest BCUT2D eigenvalue weighted by Crippen LogP contribution is -2.09. The van der Waals surface area contributed by atoms with E-state index in [1.807, 2.05) is 48.5 Å². The van der Waals surface area contributed by atoms with Gasteiger partial charge >= 0.3 is 0 Å². The Morgan fingerprint density at radius 1 is 0.407 bits per heavy atom. The quantitative estimate of drug-likeness (QED) is 0.106. The van der Waals surface area contributed by atoms with Gasteiger partial charge in [0.2, 0.25) is 0 Å². The van der Waals surface area contributed by atoms with Gasteiger partial charge in [-0.25, -0.2) is 0 Å². The summed E-state index contributed by atoms with van der Waals surface area (Å²) in [5.74, 6) is 0. The first kappa shape index (κ1) is 34.0. The number of nitrogens with two attached hydrogens (primary N) is 2. The fourth-order valence-corrected chi connectivity index (χ4v) is 6.86. The van der Waals surface area contributed by atoms with Gasteiger partial charge in [0.15, 0.2) is 0 Å². The Morgan fingerprint density at radius 2 is 0.722 bits per heavy atom. The molecule has 0 spiro atoms. The Balaban J connectivity index is 0.909. The van der Waals surface area contributed by atoms with Crippen molar-refractivity contribution in [1.29, 1.82) is 0 Å². The van der Waals surface area contributed by atoms with Crippen molar-refractivity contribution in [3.8, 4) is 45.0 Å². The Labute approximate surface area is 316 Å². The van der Waals surface area contributed by atoms with Crippen LogP contribution in [0.3, 0.4) is 0 Å². The first-order valence-electron chi connectivity index (χ1n) is 18.0. The average Bonchev–Trinajstić information content (AvgIpc) is 3.87. The minimum atomic E-state index is 0.754. The molecule has 7 nitrogen and oxygen atoms in total. The van der Waals surface area contributed by atoms with Gasteiger partial charge < -0.3 is 36.1 Å². The second-order valence-corrected chi connectivity index (χ2v) is 13.6. The van der Waals surface area contributed by atoms with E-state index >= 15 is 0 Å². The Bertz CT molecular complexity index is 2470. The summed E-state index contributed by atoms with van der Waals surface area (Å²) in [6, 6.07) is 58.9. The molecule has 0 atom stereocenters. The summed E-state index contributed by atoms with van der Waals surface area (Å²) < 4.78 is 2.25. The highest BCUT2D eigenvalue weighted by atomic mass is 15.1. The lowest BCUT2D eigenvalue weighted by atomic mass is 10.1. The van der Waals surface area contributed by atoms with Crippen molar-refractivity contribution < 1.29 is 0 Å². The average molecular weight is 706 g/mol. The SMILES string of the molecule is CN(c1ccc(N)cc1)c1ccc(-c2ccc(-c3ccc(N(C)c4ccc(-c5ccc(-c6ccc(Nc7ccc(N)cc7)cc6)n5C)cc4)cc3)[nH]2)cc1. The van der Waals surface area contributed by atoms with Crippen LogP contribution in [0, 0.1) is 0 Å². The highest BCUT2D eigenvalue weighted by molar-refractivity contribution is 5.76. The summed E-state index contributed by atoms with van der Waals surface area (Å²) in [4.78, 5) is 7.98. The molecule has 0 radical (unpaired) electrons. The van der Waals surface area contributed by atoms with Crippen LogP contribution in [-0.2, 0) is 7.05 Å². The summed E-state index contributed by atoms with van der Waals surface area (Å²) in [6.07, 6.45) is 0. The van der Waals surface area contributed by atoms with Crippen molar-refractivity contribution in [2.24, 2.45) is 7.05 Å². The molecule has 0 bridgehead atoms. The number of rotatable bonds is 10. The fraction of sp³-hybridized carbons (Fsp3) is 0.0638. The van der Waals surface area contributed by atoms with Crippen LogP contribution in [0.1, 0.15) is 0 Å². The van der Waals surface area contributed by atoms with Crippen LogP contribution in [0.4, 0.5) is 45.5 Å². The van der Waals surface area contributed by atoms with Crippen molar-refractivity contribution >= 4 is 45.5 Å². The van der Waals surface area contributed by atoms with Gasteiger partial charge in [-0.05, 0) is 144 Å². The normalized spacial score (nSPS) is 11.0. The van der Waals surface area contributed by atoms with Crippen LogP contribution < -0.4 is 26.6 Å². The highest BCUT2D eigenvalue weighted by Crippen LogP contribution is 2.34. The molecule has 0 aliphatic heterocycles. The maximum Gasteiger partial charge on any atom is 0.0482 e. The minimum Gasteiger partial charge on any atom is -0.399 e. The maximum absolute atomic E-state index is 5.87. The lowest BCUT2D eigenvalue weighted by Gasteiger charge is -2.20. The number of hydrogen-bond acceptors (Lipinski definition) is 5. The largest absolute Gasteiger partial charge is 0.399 e. The van der Waals surface area contributed by atoms with Crippen LogP contribution in [0.2, 0.25) is 0 Å². The monoisotopic (exact) mass is 705 g/mol. The molecule has 8 aromatic rings. The molecule has 0 aliphatic carbocycles. The van der Waals surface area contributed by atoms with Crippen molar-refractivity contribution in [2.45, 2.75) is 0 Å². The van der Waals surface area contributed by atoms with E-state index in [-0.39, 0.29) is 0 Å². The number of H-pyrrole nitrogens is 1. The Morgan fingerprint density at radius 3 is 1.13 bits per heavy atom. The van der Waals surface area contributed by atoms with E-state index in [9.17, 15) is 0 Å². The second kappa shape index (κ2) is 14.5. The summed E-state index contributed by atoms with van der Waals surface area (Å²) in [5, 5.41) is 3.44. The molecule has 6 aromatic carbocycles. The van der Waals surface area contributed by atoms with E-state index in [1.165, 1.54) is 11.3 Å². The molecular formula is C47H43N7. The van der Waals surface area contributed by atoms with E-state index in [4.69, 9.17) is 11.5 Å². The molecule has 2 aromatic heterocycles. The van der Waals surface area contributed by atoms with E-state index < -0.39 is 0 Å². The zero-order chi connectivity index (χ0) is 37.2. The first-order valence-corrected chi connectivity index (χ1v) is 18.0. The number of hydrogen-bond donors (Lipinski definition) is 4. The highest BCUT2D eigenvalue weighted by Gasteiger charge is 2.12. The summed E-state index contributed by atoms with van der Waals surface area (Å²) >= 11 is 0. The van der Waals surface area contributed by atoms with Crippen LogP contribution in [-0.4, -0.2) is 23.6 Å². The van der Waals surface area contributed by atoms with Gasteiger partial charge in [0.05, 0.1) is 0 Å². The van der Waals surface area contributed by atoms with Crippen molar-refractivity contribution in [1.82, 2.24) is 9.55 Å². The smallest absolute Gasteiger partial charge is 0.0482 e. The second-order valence-electron chi connectivity index (χ2n) is 13.6. The van der Waals surface area contributed by atoms with Gasteiger partial charge in [0.25, 0.3) is 0 Å². The van der Waals surface area contributed by atoms with E-state index in [1.54, 1.807) is 0 Å². The van der Waals surface area contributed by atoms with Crippen LogP contribution in [0.5, 0.6) is 0 Å². The fourth-order valence-electron chi connectivity index (χ4n) is 6.86. The van der Waals surface area contributed by atoms with E-state index in [2.05, 4.69) is 167 Å². The van der Waals surface area contributed by atoms with Crippen molar-refractivity contribution in [3.63, 3.8) is 0 Å². The molecule has 54 heavy (non-hydrogen) atoms. The summed E-state index contributed by atoms with van der Waals surface area (Å²) in [5.41, 5.74) is 28.8. The molecule has 0 aliphatic rings. The Hall–Kier alpha value is -7.12. The predicted molar refractivity (Wildman–Crippen MR) is 229 cm³/mol. The summed E-state index contributed by atoms with van der Waals surface area (Å²) in [6.45, 7) is 0. The number of nitrogen functional groups attached to an aromatic ring is 2. The minimum absolute atomic E-state index is 0.754. The molecule has 6 N–H and O–H groups in total. The third kappa shape index (κ3) is 7.03. The van der Waals surface area contributed by atoms with E-state index in [0.717, 1.165) is 79.3 Å². The number of aromatic amines is 1. The molecule has 266 valence electrons.